The average molecular weight is 739 g/mol. The summed E-state index contributed by atoms with van der Waals surface area (Å²) in [6.45, 7) is 11.9. The van der Waals surface area contributed by atoms with E-state index >= 15 is 0 Å². The quantitative estimate of drug-likeness (QED) is 0.157. The molecule has 2 saturated heterocycles. The van der Waals surface area contributed by atoms with Crippen LogP contribution in [-0.4, -0.2) is 69.9 Å². The number of unbranched alkanes of at least 4 members (excludes halogenated alkanes) is 2. The average Bonchev–Trinajstić information content (AvgIpc) is 2.86. The largest absolute Gasteiger partial charge is 0.508 e. The number of hydrogen-bond donors (Lipinski definition) is 1. The second-order valence-corrected chi connectivity index (χ2v) is 13.2. The van der Waals surface area contributed by atoms with Crippen LogP contribution in [0.3, 0.4) is 0 Å². The van der Waals surface area contributed by atoms with E-state index in [1.807, 2.05) is 30.3 Å². The number of aromatic hydroxyl groups is 1. The topological polar surface area (TPSA) is 66.4 Å². The number of ether oxygens (including phenoxy) is 5. The number of alkyl halides is 1. The Bertz CT molecular complexity index is 904. The van der Waals surface area contributed by atoms with Crippen LogP contribution in [0.25, 0.3) is 0 Å². The van der Waals surface area contributed by atoms with E-state index in [0.29, 0.717) is 11.2 Å². The van der Waals surface area contributed by atoms with Crippen LogP contribution in [0, 0.1) is 10.8 Å². The van der Waals surface area contributed by atoms with E-state index in [0.717, 1.165) is 98.7 Å². The Balaban J connectivity index is 0.000000227. The first kappa shape index (κ1) is 34.5. The van der Waals surface area contributed by atoms with Crippen molar-refractivity contribution in [1.29, 1.82) is 0 Å². The van der Waals surface area contributed by atoms with Gasteiger partial charge in [-0.25, -0.2) is 0 Å². The van der Waals surface area contributed by atoms with E-state index in [1.165, 1.54) is 6.42 Å². The van der Waals surface area contributed by atoms with Gasteiger partial charge in [-0.2, -0.15) is 0 Å². The summed E-state index contributed by atoms with van der Waals surface area (Å²) in [5.74, 6) is 1.20. The standard InChI is InChI=1S/C15H21BrO3.C9H17BrO2.C6H5BrO/c1-15(11-18-12-15)10-17-7-2-3-8-19-14-6-4-5-13(16)9-14;1-9(7-12-8-9)6-11-5-3-2-4-10;7-5-2-1-3-6(8)4-5/h4-6,9H,2-3,7-8,10-12H2,1H3;2-8H2,1H3;1-4,8H. The van der Waals surface area contributed by atoms with E-state index < -0.39 is 0 Å². The van der Waals surface area contributed by atoms with Crippen LogP contribution < -0.4 is 4.74 Å². The van der Waals surface area contributed by atoms with Gasteiger partial charge in [0.15, 0.2) is 0 Å². The number of phenols is 1. The summed E-state index contributed by atoms with van der Waals surface area (Å²) in [7, 11) is 0. The first-order valence-electron chi connectivity index (χ1n) is 13.4. The zero-order chi connectivity index (χ0) is 28.4. The van der Waals surface area contributed by atoms with Gasteiger partial charge in [0.05, 0.1) is 46.2 Å². The molecule has 9 heteroatoms. The lowest BCUT2D eigenvalue weighted by molar-refractivity contribution is -0.138. The molecule has 2 aromatic carbocycles. The van der Waals surface area contributed by atoms with Gasteiger partial charge in [0, 0.05) is 38.3 Å². The van der Waals surface area contributed by atoms with Gasteiger partial charge >= 0.3 is 0 Å². The third-order valence-electron chi connectivity index (χ3n) is 5.93. The minimum atomic E-state index is 0.257. The summed E-state index contributed by atoms with van der Waals surface area (Å²) >= 11 is 10.0. The first-order chi connectivity index (χ1) is 18.7. The third-order valence-corrected chi connectivity index (χ3v) is 7.48. The van der Waals surface area contributed by atoms with Gasteiger partial charge in [-0.15, -0.1) is 0 Å². The fraction of sp³-hybridized carbons (Fsp3) is 0.600. The Kier molecular flexibility index (Phi) is 17.2. The van der Waals surface area contributed by atoms with Crippen molar-refractivity contribution >= 4 is 47.8 Å². The molecular formula is C30H43Br3O6. The van der Waals surface area contributed by atoms with Crippen LogP contribution in [0.15, 0.2) is 57.5 Å². The Morgan fingerprint density at radius 3 is 1.69 bits per heavy atom. The predicted octanol–water partition coefficient (Wildman–Crippen LogP) is 8.03. The molecule has 2 fully saturated rings. The smallest absolute Gasteiger partial charge is 0.120 e. The van der Waals surface area contributed by atoms with E-state index in [4.69, 9.17) is 28.8 Å². The van der Waals surface area contributed by atoms with E-state index in [9.17, 15) is 0 Å². The summed E-state index contributed by atoms with van der Waals surface area (Å²) in [4.78, 5) is 0. The Morgan fingerprint density at radius 2 is 1.26 bits per heavy atom. The van der Waals surface area contributed by atoms with Crippen LogP contribution in [0.5, 0.6) is 11.5 Å². The summed E-state index contributed by atoms with van der Waals surface area (Å²) in [5, 5.41) is 9.86. The van der Waals surface area contributed by atoms with Crippen LogP contribution in [0.4, 0.5) is 0 Å². The molecule has 0 aliphatic carbocycles. The van der Waals surface area contributed by atoms with Crippen LogP contribution >= 0.6 is 47.8 Å². The highest BCUT2D eigenvalue weighted by atomic mass is 79.9. The van der Waals surface area contributed by atoms with Crippen molar-refractivity contribution in [1.82, 2.24) is 0 Å². The van der Waals surface area contributed by atoms with Crippen LogP contribution in [0.1, 0.15) is 39.5 Å². The van der Waals surface area contributed by atoms with Crippen molar-refractivity contribution in [3.63, 3.8) is 0 Å². The highest BCUT2D eigenvalue weighted by Crippen LogP contribution is 2.27. The van der Waals surface area contributed by atoms with Crippen LogP contribution in [-0.2, 0) is 18.9 Å². The fourth-order valence-electron chi connectivity index (χ4n) is 3.53. The molecule has 2 aliphatic rings. The minimum absolute atomic E-state index is 0.257. The van der Waals surface area contributed by atoms with E-state index in [1.54, 1.807) is 18.2 Å². The number of rotatable bonds is 14. The molecule has 0 bridgehead atoms. The van der Waals surface area contributed by atoms with E-state index in [-0.39, 0.29) is 5.41 Å². The molecule has 2 aliphatic heterocycles. The molecule has 6 nitrogen and oxygen atoms in total. The number of phenolic OH excluding ortho intramolecular Hbond substituents is 1. The molecule has 0 unspecified atom stereocenters. The first-order valence-corrected chi connectivity index (χ1v) is 16.1. The molecule has 0 spiro atoms. The summed E-state index contributed by atoms with van der Waals surface area (Å²) < 4.78 is 29.1. The van der Waals surface area contributed by atoms with Crippen molar-refractivity contribution in [2.45, 2.75) is 39.5 Å². The maximum atomic E-state index is 8.78. The van der Waals surface area contributed by atoms with Crippen molar-refractivity contribution in [3.8, 4) is 11.5 Å². The molecule has 2 aromatic rings. The molecule has 2 heterocycles. The van der Waals surface area contributed by atoms with Crippen LogP contribution in [0.2, 0.25) is 0 Å². The Hall–Kier alpha value is -0.680. The Morgan fingerprint density at radius 1 is 0.744 bits per heavy atom. The monoisotopic (exact) mass is 736 g/mol. The highest BCUT2D eigenvalue weighted by molar-refractivity contribution is 9.10. The maximum Gasteiger partial charge on any atom is 0.120 e. The molecule has 0 atom stereocenters. The lowest BCUT2D eigenvalue weighted by Crippen LogP contribution is -2.43. The molecule has 220 valence electrons. The number of benzene rings is 2. The molecule has 4 rings (SSSR count). The molecule has 0 aromatic heterocycles. The van der Waals surface area contributed by atoms with Gasteiger partial charge in [-0.3, -0.25) is 0 Å². The summed E-state index contributed by atoms with van der Waals surface area (Å²) in [5.41, 5.74) is 0.571. The number of halogens is 3. The maximum absolute atomic E-state index is 8.78. The van der Waals surface area contributed by atoms with Gasteiger partial charge in [0.25, 0.3) is 0 Å². The van der Waals surface area contributed by atoms with Gasteiger partial charge in [0.1, 0.15) is 11.5 Å². The van der Waals surface area contributed by atoms with E-state index in [2.05, 4.69) is 61.6 Å². The zero-order valence-corrected chi connectivity index (χ0v) is 27.9. The summed E-state index contributed by atoms with van der Waals surface area (Å²) in [6.07, 6.45) is 4.40. The van der Waals surface area contributed by atoms with Crippen molar-refractivity contribution in [2.75, 3.05) is 64.8 Å². The molecule has 0 saturated carbocycles. The number of hydrogen-bond acceptors (Lipinski definition) is 6. The third kappa shape index (κ3) is 15.8. The molecule has 1 N–H and O–H groups in total. The Labute approximate surface area is 259 Å². The highest BCUT2D eigenvalue weighted by Gasteiger charge is 2.34. The van der Waals surface area contributed by atoms with Gasteiger partial charge in [-0.05, 0) is 62.1 Å². The van der Waals surface area contributed by atoms with Crippen molar-refractivity contribution in [3.05, 3.63) is 57.5 Å². The lowest BCUT2D eigenvalue weighted by Gasteiger charge is -2.37. The lowest BCUT2D eigenvalue weighted by atomic mass is 9.90. The van der Waals surface area contributed by atoms with Gasteiger partial charge in [0.2, 0.25) is 0 Å². The predicted molar refractivity (Wildman–Crippen MR) is 167 cm³/mol. The second-order valence-electron chi connectivity index (χ2n) is 10.6. The fourth-order valence-corrected chi connectivity index (χ4v) is 4.69. The SMILES string of the molecule is CC1(COCCCCBr)COC1.CC1(COCCCCOc2cccc(Br)c2)COC1.Oc1cccc(Br)c1. The van der Waals surface area contributed by atoms with Gasteiger partial charge < -0.3 is 28.8 Å². The summed E-state index contributed by atoms with van der Waals surface area (Å²) in [6, 6.07) is 14.8. The molecular weight excluding hydrogens is 696 g/mol. The normalized spacial score (nSPS) is 16.4. The minimum Gasteiger partial charge on any atom is -0.508 e. The molecule has 39 heavy (non-hydrogen) atoms. The van der Waals surface area contributed by atoms with Crippen molar-refractivity contribution in [2.24, 2.45) is 10.8 Å². The van der Waals surface area contributed by atoms with Gasteiger partial charge in [-0.1, -0.05) is 73.8 Å². The zero-order valence-electron chi connectivity index (χ0n) is 23.1. The molecule has 0 amide bonds. The van der Waals surface area contributed by atoms with Crippen molar-refractivity contribution < 1.29 is 28.8 Å². The second kappa shape index (κ2) is 19.4. The molecule has 0 radical (unpaired) electrons.